The first-order chi connectivity index (χ1) is 13.1. The van der Waals surface area contributed by atoms with Crippen LogP contribution >= 0.6 is 11.3 Å². The quantitative estimate of drug-likeness (QED) is 0.882. The van der Waals surface area contributed by atoms with E-state index in [4.69, 9.17) is 4.84 Å². The molecular formula is C20H21N3O3S. The number of hydrogen-bond donors (Lipinski definition) is 1. The normalized spacial score (nSPS) is 21.6. The number of para-hydroxylation sites is 1. The van der Waals surface area contributed by atoms with Crippen molar-refractivity contribution in [2.24, 2.45) is 5.16 Å². The first-order valence-electron chi connectivity index (χ1n) is 9.05. The van der Waals surface area contributed by atoms with E-state index in [2.05, 4.69) is 10.5 Å². The smallest absolute Gasteiger partial charge is 0.273 e. The maximum absolute atomic E-state index is 12.6. The lowest BCUT2D eigenvalue weighted by Gasteiger charge is -2.38. The summed E-state index contributed by atoms with van der Waals surface area (Å²) in [4.78, 5) is 33.7. The summed E-state index contributed by atoms with van der Waals surface area (Å²) in [6.07, 6.45) is 2.48. The van der Waals surface area contributed by atoms with Crippen molar-refractivity contribution in [2.45, 2.75) is 31.3 Å². The Bertz CT molecular complexity index is 851. The van der Waals surface area contributed by atoms with Crippen molar-refractivity contribution in [1.82, 2.24) is 4.90 Å². The summed E-state index contributed by atoms with van der Waals surface area (Å²) in [6.45, 7) is 1.20. The maximum Gasteiger partial charge on any atom is 0.273 e. The summed E-state index contributed by atoms with van der Waals surface area (Å²) >= 11 is 1.59. The fourth-order valence-corrected chi connectivity index (χ4v) is 4.27. The van der Waals surface area contributed by atoms with Crippen molar-refractivity contribution in [1.29, 1.82) is 0 Å². The molecule has 1 aromatic carbocycles. The molecule has 1 fully saturated rings. The molecule has 2 aliphatic rings. The number of thiophene rings is 1. The van der Waals surface area contributed by atoms with E-state index in [9.17, 15) is 9.59 Å². The second-order valence-electron chi connectivity index (χ2n) is 6.98. The van der Waals surface area contributed by atoms with Crippen molar-refractivity contribution >= 4 is 34.6 Å². The van der Waals surface area contributed by atoms with Gasteiger partial charge in [-0.15, -0.1) is 11.3 Å². The summed E-state index contributed by atoms with van der Waals surface area (Å²) in [5.74, 6) is -0.151. The fourth-order valence-electron chi connectivity index (χ4n) is 3.57. The molecule has 2 amide bonds. The third-order valence-corrected chi connectivity index (χ3v) is 5.81. The van der Waals surface area contributed by atoms with Crippen molar-refractivity contribution < 1.29 is 14.4 Å². The molecule has 4 rings (SSSR count). The first-order valence-corrected chi connectivity index (χ1v) is 9.93. The second kappa shape index (κ2) is 7.52. The van der Waals surface area contributed by atoms with Gasteiger partial charge < -0.3 is 15.1 Å². The lowest BCUT2D eigenvalue weighted by Crippen LogP contribution is -2.51. The standard InChI is InChI=1S/C20H21N3O3S/c24-18(12-16-8-4-11-27-16)23-10-5-9-20(14-23)13-17(22-26-20)19(25)21-15-6-2-1-3-7-15/h1-4,6-8,11H,5,9-10,12-14H2,(H,21,25)/t20-/m0/s1. The average molecular weight is 383 g/mol. The fraction of sp³-hybridized carbons (Fsp3) is 0.350. The number of nitrogens with one attached hydrogen (secondary N) is 1. The summed E-state index contributed by atoms with van der Waals surface area (Å²) in [5.41, 5.74) is 0.529. The van der Waals surface area contributed by atoms with Gasteiger partial charge in [0.25, 0.3) is 5.91 Å². The molecule has 7 heteroatoms. The predicted octanol–water partition coefficient (Wildman–Crippen LogP) is 3.07. The lowest BCUT2D eigenvalue weighted by molar-refractivity contribution is -0.139. The monoisotopic (exact) mass is 383 g/mol. The largest absolute Gasteiger partial charge is 0.386 e. The predicted molar refractivity (Wildman–Crippen MR) is 105 cm³/mol. The summed E-state index contributed by atoms with van der Waals surface area (Å²) in [6, 6.07) is 13.2. The van der Waals surface area contributed by atoms with Crippen molar-refractivity contribution in [3.8, 4) is 0 Å². The van der Waals surface area contributed by atoms with Crippen LogP contribution in [0.2, 0.25) is 0 Å². The van der Waals surface area contributed by atoms with Crippen LogP contribution < -0.4 is 5.32 Å². The molecule has 0 bridgehead atoms. The molecular weight excluding hydrogens is 362 g/mol. The van der Waals surface area contributed by atoms with Crippen molar-refractivity contribution in [2.75, 3.05) is 18.4 Å². The van der Waals surface area contributed by atoms with Gasteiger partial charge >= 0.3 is 0 Å². The maximum atomic E-state index is 12.6. The minimum absolute atomic E-state index is 0.0994. The van der Waals surface area contributed by atoms with E-state index < -0.39 is 5.60 Å². The zero-order valence-corrected chi connectivity index (χ0v) is 15.7. The Labute approximate surface area is 161 Å². The van der Waals surface area contributed by atoms with Crippen LogP contribution in [0.1, 0.15) is 24.1 Å². The minimum Gasteiger partial charge on any atom is -0.386 e. The van der Waals surface area contributed by atoms with E-state index >= 15 is 0 Å². The van der Waals surface area contributed by atoms with E-state index in [0.29, 0.717) is 25.1 Å². The van der Waals surface area contributed by atoms with Gasteiger partial charge in [-0.2, -0.15) is 0 Å². The van der Waals surface area contributed by atoms with Gasteiger partial charge in [0.05, 0.1) is 13.0 Å². The Morgan fingerprint density at radius 2 is 2.07 bits per heavy atom. The lowest BCUT2D eigenvalue weighted by atomic mass is 9.88. The van der Waals surface area contributed by atoms with E-state index in [1.165, 1.54) is 0 Å². The number of amides is 2. The average Bonchev–Trinajstić information content (AvgIpc) is 3.33. The molecule has 1 N–H and O–H groups in total. The number of carbonyl (C=O) groups excluding carboxylic acids is 2. The van der Waals surface area contributed by atoms with Crippen molar-refractivity contribution in [3.63, 3.8) is 0 Å². The number of rotatable bonds is 4. The molecule has 27 heavy (non-hydrogen) atoms. The van der Waals surface area contributed by atoms with Gasteiger partial charge in [0.15, 0.2) is 5.60 Å². The highest BCUT2D eigenvalue weighted by Crippen LogP contribution is 2.34. The molecule has 3 heterocycles. The van der Waals surface area contributed by atoms with Gasteiger partial charge in [0.2, 0.25) is 5.91 Å². The minimum atomic E-state index is -0.577. The molecule has 0 unspecified atom stereocenters. The Morgan fingerprint density at radius 3 is 2.85 bits per heavy atom. The van der Waals surface area contributed by atoms with E-state index in [1.54, 1.807) is 11.3 Å². The van der Waals surface area contributed by atoms with Crippen LogP contribution in [0.5, 0.6) is 0 Å². The molecule has 1 aromatic heterocycles. The molecule has 0 radical (unpaired) electrons. The van der Waals surface area contributed by atoms with E-state index in [-0.39, 0.29) is 11.8 Å². The number of piperidine rings is 1. The number of benzene rings is 1. The van der Waals surface area contributed by atoms with E-state index in [0.717, 1.165) is 30.0 Å². The number of hydrogen-bond acceptors (Lipinski definition) is 5. The molecule has 1 saturated heterocycles. The van der Waals surface area contributed by atoms with Gasteiger partial charge in [-0.3, -0.25) is 9.59 Å². The van der Waals surface area contributed by atoms with Crippen LogP contribution in [0.15, 0.2) is 53.0 Å². The number of likely N-dealkylation sites (tertiary alicyclic amines) is 1. The van der Waals surface area contributed by atoms with Gasteiger partial charge in [-0.05, 0) is 36.4 Å². The SMILES string of the molecule is O=C(Nc1ccccc1)C1=NO[C@@]2(CCCN(C(=O)Cc3cccs3)C2)C1. The zero-order chi connectivity index (χ0) is 18.7. The van der Waals surface area contributed by atoms with Crippen LogP contribution in [-0.4, -0.2) is 41.1 Å². The van der Waals surface area contributed by atoms with Crippen LogP contribution in [0.4, 0.5) is 5.69 Å². The molecule has 1 spiro atoms. The number of nitrogens with zero attached hydrogens (tertiary/aromatic N) is 2. The van der Waals surface area contributed by atoms with Crippen LogP contribution in [0.25, 0.3) is 0 Å². The summed E-state index contributed by atoms with van der Waals surface area (Å²) < 4.78 is 0. The van der Waals surface area contributed by atoms with Gasteiger partial charge in [-0.1, -0.05) is 29.4 Å². The third-order valence-electron chi connectivity index (χ3n) is 4.93. The highest BCUT2D eigenvalue weighted by Gasteiger charge is 2.45. The third kappa shape index (κ3) is 4.03. The molecule has 0 aliphatic carbocycles. The highest BCUT2D eigenvalue weighted by molar-refractivity contribution is 7.10. The number of anilines is 1. The molecule has 6 nitrogen and oxygen atoms in total. The Balaban J connectivity index is 1.37. The molecule has 2 aromatic rings. The van der Waals surface area contributed by atoms with E-state index in [1.807, 2.05) is 52.7 Å². The molecule has 2 aliphatic heterocycles. The zero-order valence-electron chi connectivity index (χ0n) is 14.9. The Kier molecular flexibility index (Phi) is 4.94. The van der Waals surface area contributed by atoms with Gasteiger partial charge in [0, 0.05) is 23.5 Å². The summed E-state index contributed by atoms with van der Waals surface area (Å²) in [7, 11) is 0. The second-order valence-corrected chi connectivity index (χ2v) is 8.02. The van der Waals surface area contributed by atoms with Gasteiger partial charge in [0.1, 0.15) is 5.71 Å². The molecule has 1 atom stereocenters. The summed E-state index contributed by atoms with van der Waals surface area (Å²) in [5, 5.41) is 8.87. The first kappa shape index (κ1) is 17.7. The number of oxime groups is 1. The Hall–Kier alpha value is -2.67. The number of carbonyl (C=O) groups is 2. The molecule has 140 valence electrons. The van der Waals surface area contributed by atoms with Crippen LogP contribution in [0, 0.1) is 0 Å². The van der Waals surface area contributed by atoms with Crippen LogP contribution in [-0.2, 0) is 20.8 Å². The van der Waals surface area contributed by atoms with Crippen molar-refractivity contribution in [3.05, 3.63) is 52.7 Å². The highest BCUT2D eigenvalue weighted by atomic mass is 32.1. The van der Waals surface area contributed by atoms with Gasteiger partial charge in [-0.25, -0.2) is 0 Å². The Morgan fingerprint density at radius 1 is 1.22 bits per heavy atom. The topological polar surface area (TPSA) is 71.0 Å². The van der Waals surface area contributed by atoms with Crippen LogP contribution in [0.3, 0.4) is 0 Å². The molecule has 0 saturated carbocycles.